The first-order valence-corrected chi connectivity index (χ1v) is 10.4. The molecule has 0 amide bonds. The van der Waals surface area contributed by atoms with Crippen molar-refractivity contribution in [3.63, 3.8) is 0 Å². The Balaban J connectivity index is 1.64. The Morgan fingerprint density at radius 2 is 1.72 bits per heavy atom. The number of anilines is 2. The van der Waals surface area contributed by atoms with E-state index in [1.807, 2.05) is 6.07 Å². The largest absolute Gasteiger partial charge is 0.366 e. The molecule has 0 bridgehead atoms. The molecule has 1 aromatic heterocycles. The molecule has 0 saturated heterocycles. The van der Waals surface area contributed by atoms with Crippen LogP contribution in [0.1, 0.15) is 56.1 Å². The summed E-state index contributed by atoms with van der Waals surface area (Å²) in [6.07, 6.45) is 0. The molecule has 4 heteroatoms. The van der Waals surface area contributed by atoms with Crippen molar-refractivity contribution in [2.45, 2.75) is 52.1 Å². The molecule has 2 aromatic carbocycles. The van der Waals surface area contributed by atoms with Crippen molar-refractivity contribution in [3.8, 4) is 0 Å². The average Bonchev–Trinajstić information content (AvgIpc) is 2.72. The minimum absolute atomic E-state index is 0.0788. The van der Waals surface area contributed by atoms with Gasteiger partial charge in [-0.3, -0.25) is 0 Å². The monoisotopic (exact) mass is 386 g/mol. The predicted molar refractivity (Wildman–Crippen MR) is 120 cm³/mol. The second-order valence-corrected chi connectivity index (χ2v) is 8.86. The molecule has 29 heavy (non-hydrogen) atoms. The van der Waals surface area contributed by atoms with Gasteiger partial charge in [-0.2, -0.15) is 0 Å². The predicted octanol–water partition coefficient (Wildman–Crippen LogP) is 5.51. The Kier molecular flexibility index (Phi) is 5.27. The lowest BCUT2D eigenvalue weighted by Gasteiger charge is -2.40. The maximum atomic E-state index is 4.92. The molecule has 0 fully saturated rings. The molecule has 1 aliphatic rings. The molecule has 0 aliphatic carbocycles. The maximum absolute atomic E-state index is 4.92. The summed E-state index contributed by atoms with van der Waals surface area (Å²) in [4.78, 5) is 12.1. The molecule has 2 heterocycles. The summed E-state index contributed by atoms with van der Waals surface area (Å²) >= 11 is 0. The zero-order valence-electron chi connectivity index (χ0n) is 17.8. The van der Waals surface area contributed by atoms with Gasteiger partial charge in [0.25, 0.3) is 0 Å². The SMILES string of the molecule is CC(C)c1nc(NCc2ccccc2)cc(N2Cc3ccccc3C(C)(C)C2)n1. The number of nitrogens with one attached hydrogen (secondary N) is 1. The quantitative estimate of drug-likeness (QED) is 0.628. The van der Waals surface area contributed by atoms with Crippen molar-refractivity contribution in [2.24, 2.45) is 0 Å². The van der Waals surface area contributed by atoms with Crippen LogP contribution in [-0.4, -0.2) is 16.5 Å². The molecule has 1 N–H and O–H groups in total. The summed E-state index contributed by atoms with van der Waals surface area (Å²) in [6, 6.07) is 21.3. The van der Waals surface area contributed by atoms with E-state index in [-0.39, 0.29) is 11.3 Å². The molecular formula is C25H30N4. The van der Waals surface area contributed by atoms with E-state index in [2.05, 4.69) is 92.5 Å². The molecule has 4 rings (SSSR count). The fourth-order valence-corrected chi connectivity index (χ4v) is 4.06. The Bertz CT molecular complexity index is 979. The highest BCUT2D eigenvalue weighted by molar-refractivity contribution is 5.53. The van der Waals surface area contributed by atoms with Gasteiger partial charge >= 0.3 is 0 Å². The van der Waals surface area contributed by atoms with Crippen LogP contribution in [0.5, 0.6) is 0 Å². The van der Waals surface area contributed by atoms with Crippen LogP contribution in [0.4, 0.5) is 11.6 Å². The highest BCUT2D eigenvalue weighted by Crippen LogP contribution is 2.35. The third-order valence-corrected chi connectivity index (χ3v) is 5.58. The Hall–Kier alpha value is -2.88. The van der Waals surface area contributed by atoms with Crippen LogP contribution < -0.4 is 10.2 Å². The molecule has 0 radical (unpaired) electrons. The van der Waals surface area contributed by atoms with E-state index in [1.54, 1.807) is 0 Å². The van der Waals surface area contributed by atoms with Gasteiger partial charge in [-0.25, -0.2) is 9.97 Å². The highest BCUT2D eigenvalue weighted by Gasteiger charge is 2.32. The topological polar surface area (TPSA) is 41.1 Å². The molecule has 4 nitrogen and oxygen atoms in total. The van der Waals surface area contributed by atoms with Crippen LogP contribution in [0.3, 0.4) is 0 Å². The lowest BCUT2D eigenvalue weighted by atomic mass is 9.78. The number of aromatic nitrogens is 2. The zero-order valence-corrected chi connectivity index (χ0v) is 17.8. The van der Waals surface area contributed by atoms with Crippen molar-refractivity contribution in [3.05, 3.63) is 83.2 Å². The summed E-state index contributed by atoms with van der Waals surface area (Å²) in [5, 5.41) is 3.50. The summed E-state index contributed by atoms with van der Waals surface area (Å²) in [5.41, 5.74) is 4.14. The molecule has 0 unspecified atom stereocenters. The van der Waals surface area contributed by atoms with Crippen molar-refractivity contribution in [1.29, 1.82) is 0 Å². The zero-order chi connectivity index (χ0) is 20.4. The van der Waals surface area contributed by atoms with E-state index in [4.69, 9.17) is 9.97 Å². The minimum atomic E-state index is 0.0788. The van der Waals surface area contributed by atoms with Crippen molar-refractivity contribution >= 4 is 11.6 Å². The Morgan fingerprint density at radius 1 is 1.00 bits per heavy atom. The van der Waals surface area contributed by atoms with E-state index in [0.29, 0.717) is 0 Å². The first-order chi connectivity index (χ1) is 13.9. The second-order valence-electron chi connectivity index (χ2n) is 8.86. The van der Waals surface area contributed by atoms with Crippen LogP contribution in [0, 0.1) is 0 Å². The van der Waals surface area contributed by atoms with Crippen LogP contribution in [0.2, 0.25) is 0 Å². The van der Waals surface area contributed by atoms with Crippen LogP contribution in [0.25, 0.3) is 0 Å². The first-order valence-electron chi connectivity index (χ1n) is 10.4. The number of rotatable bonds is 5. The van der Waals surface area contributed by atoms with Gasteiger partial charge in [0.2, 0.25) is 0 Å². The maximum Gasteiger partial charge on any atom is 0.135 e. The van der Waals surface area contributed by atoms with E-state index in [9.17, 15) is 0 Å². The van der Waals surface area contributed by atoms with Crippen molar-refractivity contribution in [2.75, 3.05) is 16.8 Å². The molecule has 3 aromatic rings. The van der Waals surface area contributed by atoms with Crippen molar-refractivity contribution < 1.29 is 0 Å². The molecule has 0 atom stereocenters. The average molecular weight is 387 g/mol. The summed E-state index contributed by atoms with van der Waals surface area (Å²) in [5.74, 6) is 3.05. The summed E-state index contributed by atoms with van der Waals surface area (Å²) in [6.45, 7) is 11.5. The first kappa shape index (κ1) is 19.4. The van der Waals surface area contributed by atoms with E-state index >= 15 is 0 Å². The molecule has 1 aliphatic heterocycles. The molecule has 0 spiro atoms. The molecular weight excluding hydrogens is 356 g/mol. The van der Waals surface area contributed by atoms with Gasteiger partial charge in [-0.1, -0.05) is 82.3 Å². The number of fused-ring (bicyclic) bond motifs is 1. The fraction of sp³-hybridized carbons (Fsp3) is 0.360. The van der Waals surface area contributed by atoms with Crippen LogP contribution in [-0.2, 0) is 18.5 Å². The Labute approximate surface area is 174 Å². The number of nitrogens with zero attached hydrogens (tertiary/aromatic N) is 3. The third kappa shape index (κ3) is 4.26. The number of benzene rings is 2. The van der Waals surface area contributed by atoms with Gasteiger partial charge in [-0.15, -0.1) is 0 Å². The molecule has 150 valence electrons. The second kappa shape index (κ2) is 7.86. The Morgan fingerprint density at radius 3 is 2.48 bits per heavy atom. The minimum Gasteiger partial charge on any atom is -0.366 e. The lowest BCUT2D eigenvalue weighted by Crippen LogP contribution is -2.42. The lowest BCUT2D eigenvalue weighted by molar-refractivity contribution is 0.474. The normalized spacial score (nSPS) is 15.3. The fourth-order valence-electron chi connectivity index (χ4n) is 4.06. The van der Waals surface area contributed by atoms with Crippen molar-refractivity contribution in [1.82, 2.24) is 9.97 Å². The third-order valence-electron chi connectivity index (χ3n) is 5.58. The van der Waals surface area contributed by atoms with Gasteiger partial charge in [0.15, 0.2) is 0 Å². The van der Waals surface area contributed by atoms with Gasteiger partial charge < -0.3 is 10.2 Å². The van der Waals surface area contributed by atoms with Gasteiger partial charge in [0, 0.05) is 37.0 Å². The van der Waals surface area contributed by atoms with Crippen LogP contribution >= 0.6 is 0 Å². The van der Waals surface area contributed by atoms with E-state index < -0.39 is 0 Å². The summed E-state index contributed by atoms with van der Waals surface area (Å²) < 4.78 is 0. The number of hydrogen-bond acceptors (Lipinski definition) is 4. The van der Waals surface area contributed by atoms with E-state index in [1.165, 1.54) is 16.7 Å². The van der Waals surface area contributed by atoms with Gasteiger partial charge in [0.05, 0.1) is 0 Å². The highest BCUT2D eigenvalue weighted by atomic mass is 15.2. The van der Waals surface area contributed by atoms with Gasteiger partial charge in [-0.05, 0) is 16.7 Å². The standard InChI is InChI=1S/C25H30N4/c1-18(2)24-27-22(26-15-19-10-6-5-7-11-19)14-23(28-24)29-16-20-12-8-9-13-21(20)25(3,4)17-29/h5-14,18H,15-17H2,1-4H3,(H,26,27,28). The van der Waals surface area contributed by atoms with Crippen LogP contribution in [0.15, 0.2) is 60.7 Å². The summed E-state index contributed by atoms with van der Waals surface area (Å²) in [7, 11) is 0. The smallest absolute Gasteiger partial charge is 0.135 e. The van der Waals surface area contributed by atoms with E-state index in [0.717, 1.165) is 37.1 Å². The van der Waals surface area contributed by atoms with Gasteiger partial charge in [0.1, 0.15) is 17.5 Å². The number of hydrogen-bond donors (Lipinski definition) is 1. The molecule has 0 saturated carbocycles.